The number of hydrogen-bond acceptors (Lipinski definition) is 6. The SMILES string of the molecule is NC1CCN(c2cc(NCC3CCCO3)ncn2)C1. The van der Waals surface area contributed by atoms with Crippen LogP contribution in [0.2, 0.25) is 0 Å². The number of rotatable bonds is 4. The third kappa shape index (κ3) is 3.13. The second-order valence-corrected chi connectivity index (χ2v) is 5.27. The Kier molecular flexibility index (Phi) is 3.79. The first-order valence-electron chi connectivity index (χ1n) is 6.99. The Labute approximate surface area is 113 Å². The van der Waals surface area contributed by atoms with Gasteiger partial charge in [0, 0.05) is 38.3 Å². The second-order valence-electron chi connectivity index (χ2n) is 5.27. The van der Waals surface area contributed by atoms with Crippen molar-refractivity contribution in [2.75, 3.05) is 36.5 Å². The molecule has 2 aliphatic heterocycles. The van der Waals surface area contributed by atoms with Gasteiger partial charge in [-0.1, -0.05) is 0 Å². The first-order chi connectivity index (χ1) is 9.31. The fourth-order valence-corrected chi connectivity index (χ4v) is 2.64. The molecule has 2 saturated heterocycles. The maximum atomic E-state index is 5.92. The summed E-state index contributed by atoms with van der Waals surface area (Å²) in [6.07, 6.45) is 5.25. The molecule has 0 spiro atoms. The summed E-state index contributed by atoms with van der Waals surface area (Å²) in [6, 6.07) is 2.26. The van der Waals surface area contributed by atoms with Gasteiger partial charge in [0.05, 0.1) is 6.10 Å². The lowest BCUT2D eigenvalue weighted by Crippen LogP contribution is -2.27. The van der Waals surface area contributed by atoms with Crippen LogP contribution in [0.5, 0.6) is 0 Å². The van der Waals surface area contributed by atoms with Crippen LogP contribution >= 0.6 is 0 Å². The van der Waals surface area contributed by atoms with E-state index in [1.54, 1.807) is 6.33 Å². The molecule has 3 N–H and O–H groups in total. The Hall–Kier alpha value is -1.40. The Morgan fingerprint density at radius 1 is 1.42 bits per heavy atom. The molecule has 0 amide bonds. The van der Waals surface area contributed by atoms with Crippen molar-refractivity contribution < 1.29 is 4.74 Å². The van der Waals surface area contributed by atoms with Gasteiger partial charge in [0.25, 0.3) is 0 Å². The highest BCUT2D eigenvalue weighted by Gasteiger charge is 2.21. The second kappa shape index (κ2) is 5.71. The minimum atomic E-state index is 0.262. The van der Waals surface area contributed by atoms with Crippen LogP contribution in [-0.4, -0.2) is 48.4 Å². The summed E-state index contributed by atoms with van der Waals surface area (Å²) in [5.74, 6) is 1.82. The molecule has 0 saturated carbocycles. The minimum Gasteiger partial charge on any atom is -0.376 e. The largest absolute Gasteiger partial charge is 0.376 e. The van der Waals surface area contributed by atoms with Gasteiger partial charge in [-0.15, -0.1) is 0 Å². The number of nitrogens with two attached hydrogens (primary N) is 1. The summed E-state index contributed by atoms with van der Waals surface area (Å²) < 4.78 is 5.59. The summed E-state index contributed by atoms with van der Waals surface area (Å²) in [5, 5.41) is 3.33. The van der Waals surface area contributed by atoms with Crippen molar-refractivity contribution in [2.45, 2.75) is 31.4 Å². The Morgan fingerprint density at radius 3 is 3.11 bits per heavy atom. The van der Waals surface area contributed by atoms with Crippen molar-refractivity contribution in [3.8, 4) is 0 Å². The molecule has 1 aromatic rings. The first-order valence-corrected chi connectivity index (χ1v) is 6.99. The number of nitrogens with one attached hydrogen (secondary N) is 1. The van der Waals surface area contributed by atoms with E-state index < -0.39 is 0 Å². The van der Waals surface area contributed by atoms with Crippen molar-refractivity contribution >= 4 is 11.6 Å². The highest BCUT2D eigenvalue weighted by Crippen LogP contribution is 2.19. The highest BCUT2D eigenvalue weighted by molar-refractivity contribution is 5.49. The molecule has 104 valence electrons. The number of aromatic nitrogens is 2. The van der Waals surface area contributed by atoms with E-state index in [-0.39, 0.29) is 6.04 Å². The predicted octanol–water partition coefficient (Wildman–Crippen LogP) is 0.605. The lowest BCUT2D eigenvalue weighted by atomic mass is 10.2. The number of hydrogen-bond donors (Lipinski definition) is 2. The predicted molar refractivity (Wildman–Crippen MR) is 74.3 cm³/mol. The first kappa shape index (κ1) is 12.6. The maximum absolute atomic E-state index is 5.92. The highest BCUT2D eigenvalue weighted by atomic mass is 16.5. The molecule has 3 rings (SSSR count). The van der Waals surface area contributed by atoms with Gasteiger partial charge in [-0.25, -0.2) is 9.97 Å². The van der Waals surface area contributed by atoms with Crippen LogP contribution in [0, 0.1) is 0 Å². The van der Waals surface area contributed by atoms with E-state index in [1.807, 2.05) is 6.07 Å². The van der Waals surface area contributed by atoms with Crippen LogP contribution in [-0.2, 0) is 4.74 Å². The van der Waals surface area contributed by atoms with E-state index in [0.29, 0.717) is 6.10 Å². The standard InChI is InChI=1S/C13H21N5O/c14-10-3-4-18(8-10)13-6-12(16-9-17-13)15-7-11-2-1-5-19-11/h6,9-11H,1-5,7-8,14H2,(H,15,16,17). The van der Waals surface area contributed by atoms with E-state index in [4.69, 9.17) is 10.5 Å². The van der Waals surface area contributed by atoms with Gasteiger partial charge in [-0.3, -0.25) is 0 Å². The van der Waals surface area contributed by atoms with E-state index in [0.717, 1.165) is 57.1 Å². The number of ether oxygens (including phenoxy) is 1. The fraction of sp³-hybridized carbons (Fsp3) is 0.692. The molecule has 6 nitrogen and oxygen atoms in total. The fourth-order valence-electron chi connectivity index (χ4n) is 2.64. The summed E-state index contributed by atoms with van der Waals surface area (Å²) in [6.45, 7) is 3.55. The molecule has 2 fully saturated rings. The quantitative estimate of drug-likeness (QED) is 0.828. The molecule has 2 aliphatic rings. The van der Waals surface area contributed by atoms with Gasteiger partial charge >= 0.3 is 0 Å². The third-order valence-electron chi connectivity index (χ3n) is 3.74. The van der Waals surface area contributed by atoms with Crippen molar-refractivity contribution in [3.05, 3.63) is 12.4 Å². The van der Waals surface area contributed by atoms with Crippen molar-refractivity contribution in [1.29, 1.82) is 0 Å². The molecule has 6 heteroatoms. The van der Waals surface area contributed by atoms with Gasteiger partial charge in [-0.2, -0.15) is 0 Å². The molecule has 2 unspecified atom stereocenters. The van der Waals surface area contributed by atoms with Crippen LogP contribution in [0.25, 0.3) is 0 Å². The van der Waals surface area contributed by atoms with Gasteiger partial charge in [0.15, 0.2) is 0 Å². The molecular formula is C13H21N5O. The Balaban J connectivity index is 1.59. The van der Waals surface area contributed by atoms with Crippen LogP contribution in [0.15, 0.2) is 12.4 Å². The molecule has 0 aromatic carbocycles. The van der Waals surface area contributed by atoms with E-state index in [2.05, 4.69) is 20.2 Å². The van der Waals surface area contributed by atoms with Crippen LogP contribution in [0.4, 0.5) is 11.6 Å². The van der Waals surface area contributed by atoms with E-state index in [1.165, 1.54) is 0 Å². The monoisotopic (exact) mass is 263 g/mol. The van der Waals surface area contributed by atoms with Gasteiger partial charge in [-0.05, 0) is 19.3 Å². The van der Waals surface area contributed by atoms with Crippen LogP contribution in [0.1, 0.15) is 19.3 Å². The Bertz CT molecular complexity index is 421. The normalized spacial score (nSPS) is 26.9. The minimum absolute atomic E-state index is 0.262. The molecule has 0 bridgehead atoms. The molecule has 0 aliphatic carbocycles. The summed E-state index contributed by atoms with van der Waals surface area (Å²) >= 11 is 0. The average Bonchev–Trinajstić information content (AvgIpc) is 3.08. The topological polar surface area (TPSA) is 76.3 Å². The number of nitrogens with zero attached hydrogens (tertiary/aromatic N) is 3. The summed E-state index contributed by atoms with van der Waals surface area (Å²) in [7, 11) is 0. The van der Waals surface area contributed by atoms with Crippen molar-refractivity contribution in [1.82, 2.24) is 9.97 Å². The molecule has 19 heavy (non-hydrogen) atoms. The molecular weight excluding hydrogens is 242 g/mol. The van der Waals surface area contributed by atoms with Crippen molar-refractivity contribution in [3.63, 3.8) is 0 Å². The van der Waals surface area contributed by atoms with Crippen LogP contribution < -0.4 is 16.0 Å². The molecule has 1 aromatic heterocycles. The lowest BCUT2D eigenvalue weighted by Gasteiger charge is -2.17. The maximum Gasteiger partial charge on any atom is 0.134 e. The zero-order valence-corrected chi connectivity index (χ0v) is 11.1. The van der Waals surface area contributed by atoms with Gasteiger partial charge in [0.1, 0.15) is 18.0 Å². The van der Waals surface area contributed by atoms with Gasteiger partial charge < -0.3 is 20.7 Å². The van der Waals surface area contributed by atoms with Crippen LogP contribution in [0.3, 0.4) is 0 Å². The summed E-state index contributed by atoms with van der Waals surface area (Å²) in [5.41, 5.74) is 5.92. The van der Waals surface area contributed by atoms with Crippen molar-refractivity contribution in [2.24, 2.45) is 5.73 Å². The zero-order chi connectivity index (χ0) is 13.1. The van der Waals surface area contributed by atoms with E-state index >= 15 is 0 Å². The average molecular weight is 263 g/mol. The zero-order valence-electron chi connectivity index (χ0n) is 11.1. The van der Waals surface area contributed by atoms with Gasteiger partial charge in [0.2, 0.25) is 0 Å². The Morgan fingerprint density at radius 2 is 2.37 bits per heavy atom. The lowest BCUT2D eigenvalue weighted by molar-refractivity contribution is 0.120. The van der Waals surface area contributed by atoms with E-state index in [9.17, 15) is 0 Å². The third-order valence-corrected chi connectivity index (χ3v) is 3.74. The smallest absolute Gasteiger partial charge is 0.134 e. The number of anilines is 2. The molecule has 0 radical (unpaired) electrons. The summed E-state index contributed by atoms with van der Waals surface area (Å²) in [4.78, 5) is 10.8. The molecule has 2 atom stereocenters. The molecule has 3 heterocycles.